The summed E-state index contributed by atoms with van der Waals surface area (Å²) in [5.74, 6) is 0.304. The van der Waals surface area contributed by atoms with E-state index in [-0.39, 0.29) is 24.4 Å². The Balaban J connectivity index is 1.67. The molecule has 1 aliphatic carbocycles. The number of hydrogen-bond donors (Lipinski definition) is 1. The highest BCUT2D eigenvalue weighted by molar-refractivity contribution is 6.09. The number of hydrogen-bond acceptors (Lipinski definition) is 3. The van der Waals surface area contributed by atoms with Crippen LogP contribution < -0.4 is 5.32 Å². The fraction of sp³-hybridized carbons (Fsp3) is 0.833. The minimum absolute atomic E-state index is 0.0914. The first kappa shape index (κ1) is 17.2. The van der Waals surface area contributed by atoms with Gasteiger partial charge in [0.15, 0.2) is 0 Å². The summed E-state index contributed by atoms with van der Waals surface area (Å²) >= 11 is 0. The monoisotopic (exact) mass is 335 g/mol. The van der Waals surface area contributed by atoms with Gasteiger partial charge in [-0.1, -0.05) is 13.8 Å². The molecule has 2 heterocycles. The standard InChI is InChI=1S/C18H29N3O3/c1-3-14-6-4-5-11-20(14)15(22)12-21-16(23)18(19-17(21)24)9-7-13(2)8-10-18/h13-14H,3-12H2,1-2H3,(H,19,24). The lowest BCUT2D eigenvalue weighted by Crippen LogP contribution is -2.51. The van der Waals surface area contributed by atoms with Crippen LogP contribution in [0, 0.1) is 5.92 Å². The molecule has 3 fully saturated rings. The zero-order valence-electron chi connectivity index (χ0n) is 14.8. The molecule has 0 bridgehead atoms. The molecule has 0 aromatic rings. The van der Waals surface area contributed by atoms with Crippen molar-refractivity contribution in [1.82, 2.24) is 15.1 Å². The molecule has 0 radical (unpaired) electrons. The van der Waals surface area contributed by atoms with Crippen molar-refractivity contribution in [1.29, 1.82) is 0 Å². The highest BCUT2D eigenvalue weighted by Gasteiger charge is 2.52. The number of amides is 4. The third kappa shape index (κ3) is 3.03. The molecule has 2 aliphatic heterocycles. The summed E-state index contributed by atoms with van der Waals surface area (Å²) in [4.78, 5) is 40.9. The Morgan fingerprint density at radius 1 is 1.21 bits per heavy atom. The Labute approximate surface area is 143 Å². The maximum absolute atomic E-state index is 12.8. The summed E-state index contributed by atoms with van der Waals surface area (Å²) in [6.45, 7) is 4.89. The van der Waals surface area contributed by atoms with Crippen LogP contribution in [0.5, 0.6) is 0 Å². The molecule has 1 atom stereocenters. The number of carbonyl (C=O) groups is 3. The van der Waals surface area contributed by atoms with E-state index in [9.17, 15) is 14.4 Å². The van der Waals surface area contributed by atoms with Gasteiger partial charge in [0.05, 0.1) is 0 Å². The first-order chi connectivity index (χ1) is 11.5. The summed E-state index contributed by atoms with van der Waals surface area (Å²) in [7, 11) is 0. The van der Waals surface area contributed by atoms with Gasteiger partial charge in [-0.15, -0.1) is 0 Å². The second-order valence-electron chi connectivity index (χ2n) is 7.73. The largest absolute Gasteiger partial charge is 0.338 e. The van der Waals surface area contributed by atoms with Gasteiger partial charge in [-0.3, -0.25) is 14.5 Å². The molecule has 6 heteroatoms. The molecule has 1 saturated carbocycles. The molecule has 1 N–H and O–H groups in total. The van der Waals surface area contributed by atoms with Crippen molar-refractivity contribution in [2.45, 2.75) is 76.8 Å². The molecular formula is C18H29N3O3. The molecular weight excluding hydrogens is 306 g/mol. The minimum Gasteiger partial charge on any atom is -0.338 e. The lowest BCUT2D eigenvalue weighted by atomic mass is 9.77. The Bertz CT molecular complexity index is 526. The van der Waals surface area contributed by atoms with Crippen LogP contribution in [0.3, 0.4) is 0 Å². The molecule has 3 rings (SSSR count). The number of imide groups is 1. The number of nitrogens with zero attached hydrogens (tertiary/aromatic N) is 2. The lowest BCUT2D eigenvalue weighted by molar-refractivity contribution is -0.141. The molecule has 0 aromatic carbocycles. The predicted octanol–water partition coefficient (Wildman–Crippen LogP) is 2.28. The third-order valence-corrected chi connectivity index (χ3v) is 6.09. The average molecular weight is 335 g/mol. The topological polar surface area (TPSA) is 69.7 Å². The summed E-state index contributed by atoms with van der Waals surface area (Å²) in [6, 6.07) is -0.149. The van der Waals surface area contributed by atoms with E-state index < -0.39 is 11.6 Å². The summed E-state index contributed by atoms with van der Waals surface area (Å²) in [5.41, 5.74) is -0.754. The maximum atomic E-state index is 12.8. The molecule has 134 valence electrons. The van der Waals surface area contributed by atoms with Crippen LogP contribution in [-0.2, 0) is 9.59 Å². The zero-order chi connectivity index (χ0) is 17.3. The van der Waals surface area contributed by atoms with Gasteiger partial charge in [0.1, 0.15) is 12.1 Å². The first-order valence-electron chi connectivity index (χ1n) is 9.40. The van der Waals surface area contributed by atoms with Gasteiger partial charge in [-0.2, -0.15) is 0 Å². The maximum Gasteiger partial charge on any atom is 0.325 e. The third-order valence-electron chi connectivity index (χ3n) is 6.09. The molecule has 4 amide bonds. The Morgan fingerprint density at radius 3 is 2.58 bits per heavy atom. The van der Waals surface area contributed by atoms with Gasteiger partial charge in [0, 0.05) is 12.6 Å². The normalized spacial score (nSPS) is 33.9. The summed E-state index contributed by atoms with van der Waals surface area (Å²) in [5, 5.41) is 2.89. The molecule has 3 aliphatic rings. The van der Waals surface area contributed by atoms with Crippen molar-refractivity contribution in [3.63, 3.8) is 0 Å². The second kappa shape index (κ2) is 6.73. The number of piperidine rings is 1. The molecule has 2 saturated heterocycles. The van der Waals surface area contributed by atoms with E-state index in [4.69, 9.17) is 0 Å². The first-order valence-corrected chi connectivity index (χ1v) is 9.40. The van der Waals surface area contributed by atoms with Crippen molar-refractivity contribution >= 4 is 17.8 Å². The van der Waals surface area contributed by atoms with E-state index in [0.29, 0.717) is 18.8 Å². The highest BCUT2D eigenvalue weighted by atomic mass is 16.2. The van der Waals surface area contributed by atoms with Gasteiger partial charge < -0.3 is 10.2 Å². The number of rotatable bonds is 3. The van der Waals surface area contributed by atoms with Crippen molar-refractivity contribution in [2.24, 2.45) is 5.92 Å². The van der Waals surface area contributed by atoms with Gasteiger partial charge >= 0.3 is 6.03 Å². The van der Waals surface area contributed by atoms with Crippen molar-refractivity contribution in [2.75, 3.05) is 13.1 Å². The predicted molar refractivity (Wildman–Crippen MR) is 90.3 cm³/mol. The van der Waals surface area contributed by atoms with E-state index in [1.165, 1.54) is 0 Å². The summed E-state index contributed by atoms with van der Waals surface area (Å²) < 4.78 is 0. The zero-order valence-corrected chi connectivity index (χ0v) is 14.8. The van der Waals surface area contributed by atoms with Crippen molar-refractivity contribution in [3.05, 3.63) is 0 Å². The quantitative estimate of drug-likeness (QED) is 0.805. The lowest BCUT2D eigenvalue weighted by Gasteiger charge is -2.36. The molecule has 6 nitrogen and oxygen atoms in total. The van der Waals surface area contributed by atoms with Gasteiger partial charge in [-0.25, -0.2) is 4.79 Å². The fourth-order valence-corrected chi connectivity index (χ4v) is 4.39. The number of carbonyl (C=O) groups excluding carboxylic acids is 3. The Morgan fingerprint density at radius 2 is 1.92 bits per heavy atom. The average Bonchev–Trinajstić information content (AvgIpc) is 2.82. The van der Waals surface area contributed by atoms with Crippen LogP contribution >= 0.6 is 0 Å². The number of urea groups is 1. The number of nitrogens with one attached hydrogen (secondary N) is 1. The van der Waals surface area contributed by atoms with E-state index >= 15 is 0 Å². The van der Waals surface area contributed by atoms with Gasteiger partial charge in [0.2, 0.25) is 5.91 Å². The molecule has 1 spiro atoms. The molecule has 0 aromatic heterocycles. The van der Waals surface area contributed by atoms with E-state index in [1.807, 2.05) is 4.90 Å². The number of likely N-dealkylation sites (tertiary alicyclic amines) is 1. The van der Waals surface area contributed by atoms with Crippen LogP contribution in [-0.4, -0.2) is 52.3 Å². The van der Waals surface area contributed by atoms with Crippen LogP contribution in [0.2, 0.25) is 0 Å². The van der Waals surface area contributed by atoms with E-state index in [2.05, 4.69) is 19.2 Å². The Kier molecular flexibility index (Phi) is 4.83. The van der Waals surface area contributed by atoms with Crippen LogP contribution in [0.25, 0.3) is 0 Å². The smallest absolute Gasteiger partial charge is 0.325 e. The SMILES string of the molecule is CCC1CCCCN1C(=O)CN1C(=O)NC2(CCC(C)CC2)C1=O. The van der Waals surface area contributed by atoms with Gasteiger partial charge in [0.25, 0.3) is 5.91 Å². The van der Waals surface area contributed by atoms with Crippen LogP contribution in [0.1, 0.15) is 65.2 Å². The fourth-order valence-electron chi connectivity index (χ4n) is 4.39. The van der Waals surface area contributed by atoms with Crippen LogP contribution in [0.15, 0.2) is 0 Å². The minimum atomic E-state index is -0.754. The van der Waals surface area contributed by atoms with E-state index in [0.717, 1.165) is 50.0 Å². The van der Waals surface area contributed by atoms with Crippen LogP contribution in [0.4, 0.5) is 4.79 Å². The summed E-state index contributed by atoms with van der Waals surface area (Å²) in [6.07, 6.45) is 7.35. The highest BCUT2D eigenvalue weighted by Crippen LogP contribution is 2.36. The molecule has 1 unspecified atom stereocenters. The second-order valence-corrected chi connectivity index (χ2v) is 7.73. The van der Waals surface area contributed by atoms with Crippen molar-refractivity contribution < 1.29 is 14.4 Å². The molecule has 24 heavy (non-hydrogen) atoms. The van der Waals surface area contributed by atoms with E-state index in [1.54, 1.807) is 0 Å². The van der Waals surface area contributed by atoms with Crippen molar-refractivity contribution in [3.8, 4) is 0 Å². The Hall–Kier alpha value is -1.59. The van der Waals surface area contributed by atoms with Gasteiger partial charge in [-0.05, 0) is 57.3 Å².